The Labute approximate surface area is 104 Å². The van der Waals surface area contributed by atoms with Gasteiger partial charge in [-0.2, -0.15) is 0 Å². The third-order valence-electron chi connectivity index (χ3n) is 2.94. The summed E-state index contributed by atoms with van der Waals surface area (Å²) in [6.45, 7) is 2.15. The number of ether oxygens (including phenoxy) is 2. The zero-order valence-corrected chi connectivity index (χ0v) is 9.89. The molecule has 0 aliphatic carbocycles. The van der Waals surface area contributed by atoms with Crippen LogP contribution in [-0.4, -0.2) is 30.9 Å². The SMILES string of the molecule is O=C(O)c1ccc(COCC2CCOC2)c(F)c1. The summed E-state index contributed by atoms with van der Waals surface area (Å²) in [6, 6.07) is 3.84. The Balaban J connectivity index is 1.87. The number of hydrogen-bond acceptors (Lipinski definition) is 3. The van der Waals surface area contributed by atoms with Gasteiger partial charge in [-0.25, -0.2) is 9.18 Å². The lowest BCUT2D eigenvalue weighted by molar-refractivity contribution is 0.0694. The van der Waals surface area contributed by atoms with Gasteiger partial charge >= 0.3 is 5.97 Å². The Kier molecular flexibility index (Phi) is 4.28. The zero-order chi connectivity index (χ0) is 13.0. The number of aromatic carboxylic acids is 1. The average molecular weight is 254 g/mol. The first-order valence-corrected chi connectivity index (χ1v) is 5.84. The second kappa shape index (κ2) is 5.93. The molecular formula is C13H15FO4. The maximum absolute atomic E-state index is 13.5. The summed E-state index contributed by atoms with van der Waals surface area (Å²) in [7, 11) is 0. The molecule has 1 aromatic rings. The number of carbonyl (C=O) groups is 1. The second-order valence-electron chi connectivity index (χ2n) is 4.36. The van der Waals surface area contributed by atoms with Gasteiger partial charge < -0.3 is 14.6 Å². The van der Waals surface area contributed by atoms with Crippen LogP contribution < -0.4 is 0 Å². The molecule has 0 amide bonds. The van der Waals surface area contributed by atoms with E-state index in [0.29, 0.717) is 24.7 Å². The first-order valence-electron chi connectivity index (χ1n) is 5.84. The third kappa shape index (κ3) is 3.27. The Morgan fingerprint density at radius 1 is 1.56 bits per heavy atom. The number of carboxylic acids is 1. The fourth-order valence-corrected chi connectivity index (χ4v) is 1.85. The maximum atomic E-state index is 13.5. The van der Waals surface area contributed by atoms with Crippen molar-refractivity contribution < 1.29 is 23.8 Å². The highest BCUT2D eigenvalue weighted by atomic mass is 19.1. The van der Waals surface area contributed by atoms with E-state index in [-0.39, 0.29) is 12.2 Å². The number of rotatable bonds is 5. The van der Waals surface area contributed by atoms with Gasteiger partial charge in [-0.15, -0.1) is 0 Å². The molecule has 1 aliphatic rings. The Morgan fingerprint density at radius 2 is 2.39 bits per heavy atom. The monoisotopic (exact) mass is 254 g/mol. The second-order valence-corrected chi connectivity index (χ2v) is 4.36. The largest absolute Gasteiger partial charge is 0.478 e. The summed E-state index contributed by atoms with van der Waals surface area (Å²) in [4.78, 5) is 10.6. The lowest BCUT2D eigenvalue weighted by Crippen LogP contribution is -2.10. The van der Waals surface area contributed by atoms with Gasteiger partial charge in [-0.1, -0.05) is 6.07 Å². The number of hydrogen-bond donors (Lipinski definition) is 1. The topological polar surface area (TPSA) is 55.8 Å². The highest BCUT2D eigenvalue weighted by molar-refractivity contribution is 5.87. The summed E-state index contributed by atoms with van der Waals surface area (Å²) < 4.78 is 24.2. The molecule has 1 unspecified atom stereocenters. The van der Waals surface area contributed by atoms with Crippen LogP contribution >= 0.6 is 0 Å². The summed E-state index contributed by atoms with van der Waals surface area (Å²) in [5.41, 5.74) is 0.319. The van der Waals surface area contributed by atoms with Crippen LogP contribution in [0.1, 0.15) is 22.3 Å². The van der Waals surface area contributed by atoms with Crippen LogP contribution in [0.2, 0.25) is 0 Å². The quantitative estimate of drug-likeness (QED) is 0.874. The van der Waals surface area contributed by atoms with Crippen LogP contribution in [0.15, 0.2) is 18.2 Å². The summed E-state index contributed by atoms with van der Waals surface area (Å²) >= 11 is 0. The molecule has 5 heteroatoms. The minimum atomic E-state index is -1.13. The van der Waals surface area contributed by atoms with Crippen LogP contribution in [0.3, 0.4) is 0 Å². The maximum Gasteiger partial charge on any atom is 0.335 e. The van der Waals surface area contributed by atoms with E-state index in [2.05, 4.69) is 0 Å². The van der Waals surface area contributed by atoms with Gasteiger partial charge in [0.25, 0.3) is 0 Å². The van der Waals surface area contributed by atoms with Crippen LogP contribution in [-0.2, 0) is 16.1 Å². The molecule has 1 heterocycles. The van der Waals surface area contributed by atoms with Gasteiger partial charge in [0.05, 0.1) is 25.4 Å². The van der Waals surface area contributed by atoms with Crippen LogP contribution in [0, 0.1) is 11.7 Å². The van der Waals surface area contributed by atoms with E-state index in [1.807, 2.05) is 0 Å². The predicted octanol–water partition coefficient (Wildman–Crippen LogP) is 2.08. The third-order valence-corrected chi connectivity index (χ3v) is 2.94. The Morgan fingerprint density at radius 3 is 3.00 bits per heavy atom. The van der Waals surface area contributed by atoms with E-state index in [1.54, 1.807) is 0 Å². The Hall–Kier alpha value is -1.46. The molecule has 0 radical (unpaired) electrons. The van der Waals surface area contributed by atoms with Crippen molar-refractivity contribution in [2.24, 2.45) is 5.92 Å². The lowest BCUT2D eigenvalue weighted by Gasteiger charge is -2.09. The molecule has 1 aromatic carbocycles. The number of carboxylic acid groups (broad SMARTS) is 1. The molecule has 2 rings (SSSR count). The molecule has 1 N–H and O–H groups in total. The van der Waals surface area contributed by atoms with Crippen molar-refractivity contribution in [1.29, 1.82) is 0 Å². The molecule has 0 saturated carbocycles. The standard InChI is InChI=1S/C13H15FO4/c14-12-5-10(13(15)16)1-2-11(12)8-18-7-9-3-4-17-6-9/h1-2,5,9H,3-4,6-8H2,(H,15,16). The van der Waals surface area contributed by atoms with E-state index in [0.717, 1.165) is 19.1 Å². The summed E-state index contributed by atoms with van der Waals surface area (Å²) in [6.07, 6.45) is 0.973. The smallest absolute Gasteiger partial charge is 0.335 e. The Bertz CT molecular complexity index is 427. The van der Waals surface area contributed by atoms with Crippen molar-refractivity contribution in [3.05, 3.63) is 35.1 Å². The first-order chi connectivity index (χ1) is 8.66. The molecule has 0 aromatic heterocycles. The minimum absolute atomic E-state index is 0.0551. The van der Waals surface area contributed by atoms with Crippen LogP contribution in [0.4, 0.5) is 4.39 Å². The molecule has 18 heavy (non-hydrogen) atoms. The highest BCUT2D eigenvalue weighted by Gasteiger charge is 2.16. The summed E-state index contributed by atoms with van der Waals surface area (Å²) in [5, 5.41) is 8.71. The van der Waals surface area contributed by atoms with E-state index in [9.17, 15) is 9.18 Å². The van der Waals surface area contributed by atoms with Crippen molar-refractivity contribution in [2.75, 3.05) is 19.8 Å². The van der Waals surface area contributed by atoms with Crippen molar-refractivity contribution in [3.63, 3.8) is 0 Å². The molecule has 1 aliphatic heterocycles. The molecule has 0 spiro atoms. The fourth-order valence-electron chi connectivity index (χ4n) is 1.85. The molecule has 0 bridgehead atoms. The fraction of sp³-hybridized carbons (Fsp3) is 0.462. The van der Waals surface area contributed by atoms with Crippen LogP contribution in [0.25, 0.3) is 0 Å². The van der Waals surface area contributed by atoms with Gasteiger partial charge in [-0.3, -0.25) is 0 Å². The normalized spacial score (nSPS) is 19.1. The molecule has 1 saturated heterocycles. The van der Waals surface area contributed by atoms with Crippen LogP contribution in [0.5, 0.6) is 0 Å². The van der Waals surface area contributed by atoms with Gasteiger partial charge in [0, 0.05) is 18.1 Å². The predicted molar refractivity (Wildman–Crippen MR) is 61.9 cm³/mol. The molecule has 4 nitrogen and oxygen atoms in total. The molecular weight excluding hydrogens is 239 g/mol. The highest BCUT2D eigenvalue weighted by Crippen LogP contribution is 2.15. The van der Waals surface area contributed by atoms with Crippen molar-refractivity contribution in [1.82, 2.24) is 0 Å². The number of benzene rings is 1. The molecule has 98 valence electrons. The van der Waals surface area contributed by atoms with Gasteiger partial charge in [-0.05, 0) is 18.6 Å². The molecule has 1 fully saturated rings. The van der Waals surface area contributed by atoms with E-state index < -0.39 is 11.8 Å². The van der Waals surface area contributed by atoms with Crippen molar-refractivity contribution >= 4 is 5.97 Å². The van der Waals surface area contributed by atoms with Gasteiger partial charge in [0.1, 0.15) is 5.82 Å². The average Bonchev–Trinajstić information content (AvgIpc) is 2.84. The van der Waals surface area contributed by atoms with E-state index >= 15 is 0 Å². The molecule has 1 atom stereocenters. The van der Waals surface area contributed by atoms with Crippen molar-refractivity contribution in [2.45, 2.75) is 13.0 Å². The van der Waals surface area contributed by atoms with Gasteiger partial charge in [0.2, 0.25) is 0 Å². The zero-order valence-electron chi connectivity index (χ0n) is 9.89. The van der Waals surface area contributed by atoms with E-state index in [4.69, 9.17) is 14.6 Å². The van der Waals surface area contributed by atoms with Crippen molar-refractivity contribution in [3.8, 4) is 0 Å². The van der Waals surface area contributed by atoms with E-state index in [1.165, 1.54) is 12.1 Å². The summed E-state index contributed by atoms with van der Waals surface area (Å²) in [5.74, 6) is -1.30. The lowest BCUT2D eigenvalue weighted by atomic mass is 10.1. The minimum Gasteiger partial charge on any atom is -0.478 e. The first kappa shape index (κ1) is 13.0. The van der Waals surface area contributed by atoms with Gasteiger partial charge in [0.15, 0.2) is 0 Å². The number of halogens is 1.